The summed E-state index contributed by atoms with van der Waals surface area (Å²) >= 11 is 0. The number of hydrogen-bond donors (Lipinski definition) is 2. The van der Waals surface area contributed by atoms with Crippen LogP contribution in [0, 0.1) is 20.8 Å². The highest BCUT2D eigenvalue weighted by atomic mass is 16.5. The number of ether oxygens (including phenoxy) is 1. The Balaban J connectivity index is 3.14. The molecule has 2 N–H and O–H groups in total. The van der Waals surface area contributed by atoms with E-state index in [0.717, 1.165) is 22.4 Å². The van der Waals surface area contributed by atoms with Gasteiger partial charge in [0.15, 0.2) is 0 Å². The number of aliphatic hydroxyl groups is 1. The monoisotopic (exact) mass is 237 g/mol. The lowest BCUT2D eigenvalue weighted by Crippen LogP contribution is -2.27. The van der Waals surface area contributed by atoms with Crippen LogP contribution in [0.25, 0.3) is 0 Å². The molecule has 0 fully saturated rings. The summed E-state index contributed by atoms with van der Waals surface area (Å²) in [6, 6.07) is 1.81. The molecule has 94 valence electrons. The third-order valence-corrected chi connectivity index (χ3v) is 2.87. The first-order valence-corrected chi connectivity index (χ1v) is 5.56. The number of aliphatic hydroxyl groups excluding tert-OH is 1. The van der Waals surface area contributed by atoms with Gasteiger partial charge in [0.1, 0.15) is 5.75 Å². The molecule has 0 heterocycles. The Morgan fingerprint density at radius 2 is 2.00 bits per heavy atom. The van der Waals surface area contributed by atoms with Crippen LogP contribution >= 0.6 is 0 Å². The van der Waals surface area contributed by atoms with Crippen molar-refractivity contribution in [1.29, 1.82) is 0 Å². The number of rotatable bonds is 4. The van der Waals surface area contributed by atoms with E-state index in [0.29, 0.717) is 5.56 Å². The van der Waals surface area contributed by atoms with Crippen LogP contribution in [0.3, 0.4) is 0 Å². The SMILES string of the molecule is COc1c(C)cc(C(=O)NCCO)c(C)c1C. The average Bonchev–Trinajstić information content (AvgIpc) is 2.31. The number of nitrogens with one attached hydrogen (secondary N) is 1. The fourth-order valence-electron chi connectivity index (χ4n) is 1.87. The lowest BCUT2D eigenvalue weighted by molar-refractivity contribution is 0.0944. The van der Waals surface area contributed by atoms with E-state index in [1.807, 2.05) is 26.8 Å². The largest absolute Gasteiger partial charge is 0.496 e. The molecule has 0 bridgehead atoms. The molecule has 0 atom stereocenters. The van der Waals surface area contributed by atoms with Gasteiger partial charge in [0.25, 0.3) is 5.91 Å². The molecule has 1 rings (SSSR count). The van der Waals surface area contributed by atoms with Crippen molar-refractivity contribution in [3.05, 3.63) is 28.3 Å². The van der Waals surface area contributed by atoms with Crippen LogP contribution in [0.1, 0.15) is 27.0 Å². The highest BCUT2D eigenvalue weighted by Gasteiger charge is 2.15. The average molecular weight is 237 g/mol. The van der Waals surface area contributed by atoms with Crippen molar-refractivity contribution in [2.75, 3.05) is 20.3 Å². The molecule has 1 aromatic carbocycles. The Kier molecular flexibility index (Phi) is 4.52. The zero-order chi connectivity index (χ0) is 13.0. The quantitative estimate of drug-likeness (QED) is 0.831. The predicted octanol–water partition coefficient (Wildman–Crippen LogP) is 1.34. The van der Waals surface area contributed by atoms with Gasteiger partial charge in [0.2, 0.25) is 0 Å². The molecule has 4 heteroatoms. The first kappa shape index (κ1) is 13.5. The fourth-order valence-corrected chi connectivity index (χ4v) is 1.87. The Morgan fingerprint density at radius 3 is 2.53 bits per heavy atom. The second-order valence-electron chi connectivity index (χ2n) is 4.00. The molecule has 0 aliphatic heterocycles. The molecule has 0 unspecified atom stereocenters. The molecular weight excluding hydrogens is 218 g/mol. The number of amides is 1. The van der Waals surface area contributed by atoms with Gasteiger partial charge in [0, 0.05) is 12.1 Å². The van der Waals surface area contributed by atoms with Crippen molar-refractivity contribution in [2.24, 2.45) is 0 Å². The summed E-state index contributed by atoms with van der Waals surface area (Å²) in [5, 5.41) is 11.3. The van der Waals surface area contributed by atoms with E-state index in [1.165, 1.54) is 0 Å². The molecule has 0 aliphatic carbocycles. The molecule has 0 aromatic heterocycles. The molecular formula is C13H19NO3. The van der Waals surface area contributed by atoms with Crippen LogP contribution < -0.4 is 10.1 Å². The summed E-state index contributed by atoms with van der Waals surface area (Å²) < 4.78 is 5.30. The minimum atomic E-state index is -0.162. The number of carbonyl (C=O) groups is 1. The smallest absolute Gasteiger partial charge is 0.251 e. The summed E-state index contributed by atoms with van der Waals surface area (Å²) in [6.07, 6.45) is 0. The summed E-state index contributed by atoms with van der Waals surface area (Å²) in [5.41, 5.74) is 3.45. The third kappa shape index (κ3) is 2.77. The lowest BCUT2D eigenvalue weighted by Gasteiger charge is -2.15. The van der Waals surface area contributed by atoms with Gasteiger partial charge >= 0.3 is 0 Å². The van der Waals surface area contributed by atoms with E-state index in [9.17, 15) is 4.79 Å². The number of carbonyl (C=O) groups excluding carboxylic acids is 1. The molecule has 0 aliphatic rings. The van der Waals surface area contributed by atoms with E-state index >= 15 is 0 Å². The summed E-state index contributed by atoms with van der Waals surface area (Å²) in [6.45, 7) is 5.95. The summed E-state index contributed by atoms with van der Waals surface area (Å²) in [7, 11) is 1.63. The number of hydrogen-bond acceptors (Lipinski definition) is 3. The minimum Gasteiger partial charge on any atom is -0.496 e. The van der Waals surface area contributed by atoms with Gasteiger partial charge in [-0.25, -0.2) is 0 Å². The van der Waals surface area contributed by atoms with Crippen molar-refractivity contribution in [2.45, 2.75) is 20.8 Å². The lowest BCUT2D eigenvalue weighted by atomic mass is 9.98. The second-order valence-corrected chi connectivity index (χ2v) is 4.00. The third-order valence-electron chi connectivity index (χ3n) is 2.87. The van der Waals surface area contributed by atoms with Gasteiger partial charge in [-0.15, -0.1) is 0 Å². The molecule has 0 saturated carbocycles. The first-order chi connectivity index (χ1) is 8.02. The zero-order valence-electron chi connectivity index (χ0n) is 10.8. The van der Waals surface area contributed by atoms with Gasteiger partial charge < -0.3 is 15.2 Å². The van der Waals surface area contributed by atoms with Gasteiger partial charge in [-0.1, -0.05) is 0 Å². The van der Waals surface area contributed by atoms with E-state index in [1.54, 1.807) is 7.11 Å². The van der Waals surface area contributed by atoms with Crippen LogP contribution in [-0.2, 0) is 0 Å². The first-order valence-electron chi connectivity index (χ1n) is 5.56. The van der Waals surface area contributed by atoms with E-state index in [-0.39, 0.29) is 19.1 Å². The number of benzene rings is 1. The maximum absolute atomic E-state index is 11.9. The second kappa shape index (κ2) is 5.68. The van der Waals surface area contributed by atoms with Crippen molar-refractivity contribution in [3.63, 3.8) is 0 Å². The summed E-state index contributed by atoms with van der Waals surface area (Å²) in [5.74, 6) is 0.659. The molecule has 1 aromatic rings. The Labute approximate surface area is 102 Å². The predicted molar refractivity (Wildman–Crippen MR) is 66.6 cm³/mol. The Morgan fingerprint density at radius 1 is 1.35 bits per heavy atom. The van der Waals surface area contributed by atoms with Crippen molar-refractivity contribution in [1.82, 2.24) is 5.32 Å². The van der Waals surface area contributed by atoms with Crippen LogP contribution in [0.2, 0.25) is 0 Å². The molecule has 0 saturated heterocycles. The van der Waals surface area contributed by atoms with E-state index < -0.39 is 0 Å². The maximum atomic E-state index is 11.9. The number of methoxy groups -OCH3 is 1. The summed E-state index contributed by atoms with van der Waals surface area (Å²) in [4.78, 5) is 11.9. The van der Waals surface area contributed by atoms with Crippen LogP contribution in [-0.4, -0.2) is 31.3 Å². The van der Waals surface area contributed by atoms with Gasteiger partial charge in [-0.2, -0.15) is 0 Å². The molecule has 1 amide bonds. The Hall–Kier alpha value is -1.55. The van der Waals surface area contributed by atoms with E-state index in [4.69, 9.17) is 9.84 Å². The molecule has 4 nitrogen and oxygen atoms in total. The topological polar surface area (TPSA) is 58.6 Å². The Bertz CT molecular complexity index is 427. The highest BCUT2D eigenvalue weighted by Crippen LogP contribution is 2.28. The van der Waals surface area contributed by atoms with Crippen LogP contribution in [0.5, 0.6) is 5.75 Å². The zero-order valence-corrected chi connectivity index (χ0v) is 10.8. The van der Waals surface area contributed by atoms with Crippen molar-refractivity contribution in [3.8, 4) is 5.75 Å². The van der Waals surface area contributed by atoms with Crippen molar-refractivity contribution < 1.29 is 14.6 Å². The maximum Gasteiger partial charge on any atom is 0.251 e. The van der Waals surface area contributed by atoms with Gasteiger partial charge in [-0.05, 0) is 43.5 Å². The molecule has 17 heavy (non-hydrogen) atoms. The normalized spacial score (nSPS) is 10.2. The van der Waals surface area contributed by atoms with Crippen molar-refractivity contribution >= 4 is 5.91 Å². The van der Waals surface area contributed by atoms with Crippen LogP contribution in [0.4, 0.5) is 0 Å². The standard InChI is InChI=1S/C13H19NO3/c1-8-7-11(13(16)14-5-6-15)9(2)10(3)12(8)17-4/h7,15H,5-6H2,1-4H3,(H,14,16). The molecule has 0 radical (unpaired) electrons. The minimum absolute atomic E-state index is 0.0566. The molecule has 0 spiro atoms. The number of aryl methyl sites for hydroxylation is 1. The van der Waals surface area contributed by atoms with Gasteiger partial charge in [0.05, 0.1) is 13.7 Å². The fraction of sp³-hybridized carbons (Fsp3) is 0.462. The highest BCUT2D eigenvalue weighted by molar-refractivity contribution is 5.96. The van der Waals surface area contributed by atoms with E-state index in [2.05, 4.69) is 5.32 Å². The van der Waals surface area contributed by atoms with Crippen LogP contribution in [0.15, 0.2) is 6.07 Å². The van der Waals surface area contributed by atoms with Gasteiger partial charge in [-0.3, -0.25) is 4.79 Å².